The van der Waals surface area contributed by atoms with Gasteiger partial charge < -0.3 is 33.8 Å². The smallest absolute Gasteiger partial charge is 0.462 e. The molecule has 0 radical (unpaired) electrons. The highest BCUT2D eigenvalue weighted by Gasteiger charge is 2.30. The zero-order chi connectivity index (χ0) is 71.8. The molecule has 17 nitrogen and oxygen atoms in total. The fraction of sp³-hybridized carbons (Fsp3) is 0.747. The summed E-state index contributed by atoms with van der Waals surface area (Å²) in [5.41, 5.74) is 0. The van der Waals surface area contributed by atoms with Gasteiger partial charge in [-0.15, -0.1) is 0 Å². The summed E-state index contributed by atoms with van der Waals surface area (Å²) >= 11 is 0. The summed E-state index contributed by atoms with van der Waals surface area (Å²) in [6, 6.07) is 0. The minimum absolute atomic E-state index is 0.0637. The molecule has 0 spiro atoms. The number of phosphoric ester groups is 2. The van der Waals surface area contributed by atoms with Gasteiger partial charge in [0.1, 0.15) is 19.3 Å². The molecule has 0 aliphatic rings. The highest BCUT2D eigenvalue weighted by molar-refractivity contribution is 7.47. The topological polar surface area (TPSA) is 237 Å². The van der Waals surface area contributed by atoms with Crippen LogP contribution in [0, 0.1) is 0 Å². The lowest BCUT2D eigenvalue weighted by Gasteiger charge is -2.21. The van der Waals surface area contributed by atoms with E-state index in [2.05, 4.69) is 125 Å². The molecule has 0 aromatic heterocycles. The number of hydrogen-bond acceptors (Lipinski definition) is 15. The molecule has 0 fully saturated rings. The Kier molecular flexibility index (Phi) is 68.4. The molecule has 566 valence electrons. The van der Waals surface area contributed by atoms with Gasteiger partial charge in [-0.2, -0.15) is 0 Å². The zero-order valence-electron chi connectivity index (χ0n) is 61.7. The maximum absolute atomic E-state index is 13.1. The number of rotatable bonds is 72. The largest absolute Gasteiger partial charge is 0.472 e. The quantitative estimate of drug-likeness (QED) is 0.0169. The van der Waals surface area contributed by atoms with E-state index in [-0.39, 0.29) is 25.7 Å². The Hall–Kier alpha value is -4.02. The van der Waals surface area contributed by atoms with Gasteiger partial charge in [-0.1, -0.05) is 273 Å². The van der Waals surface area contributed by atoms with Crippen LogP contribution in [0.2, 0.25) is 0 Å². The van der Waals surface area contributed by atoms with E-state index in [1.165, 1.54) is 70.6 Å². The molecule has 0 aliphatic carbocycles. The van der Waals surface area contributed by atoms with Crippen LogP contribution in [0.4, 0.5) is 0 Å². The number of aliphatic hydroxyl groups is 1. The first kappa shape index (κ1) is 94.0. The summed E-state index contributed by atoms with van der Waals surface area (Å²) in [7, 11) is -9.95. The van der Waals surface area contributed by atoms with Crippen LogP contribution in [-0.2, 0) is 65.4 Å². The maximum atomic E-state index is 13.1. The molecule has 0 saturated carbocycles. The number of unbranched alkanes of at least 4 members (excludes halogenated alkanes) is 30. The predicted molar refractivity (Wildman–Crippen MR) is 399 cm³/mol. The van der Waals surface area contributed by atoms with Crippen molar-refractivity contribution in [2.75, 3.05) is 39.6 Å². The van der Waals surface area contributed by atoms with Gasteiger partial charge in [-0.3, -0.25) is 37.3 Å². The summed E-state index contributed by atoms with van der Waals surface area (Å²) in [4.78, 5) is 72.8. The number of hydrogen-bond donors (Lipinski definition) is 3. The SMILES string of the molecule is CC/C=C\C/C=C\C/C=C\C/C=C\CCCCCCC(=O)OC(COC(=O)CCCCCCCC/C=C\C/C=C\C/C=C\CCCCC)COP(=O)(O)OCC(O)COP(=O)(O)OCC(COC(=O)CCCCCCC/C=C\CCCC)OC(=O)CCCCCCCCCCCCC. The van der Waals surface area contributed by atoms with Gasteiger partial charge in [-0.25, -0.2) is 9.13 Å². The Labute approximate surface area is 595 Å². The molecule has 0 heterocycles. The fourth-order valence-electron chi connectivity index (χ4n) is 10.1. The van der Waals surface area contributed by atoms with E-state index in [1.54, 1.807) is 0 Å². The minimum atomic E-state index is -4.98. The molecule has 0 saturated heterocycles. The van der Waals surface area contributed by atoms with E-state index in [0.29, 0.717) is 25.7 Å². The second-order valence-electron chi connectivity index (χ2n) is 25.6. The molecule has 0 aromatic rings. The van der Waals surface area contributed by atoms with Crippen molar-refractivity contribution >= 4 is 39.5 Å². The second kappa shape index (κ2) is 71.4. The van der Waals surface area contributed by atoms with Gasteiger partial charge in [0.15, 0.2) is 12.2 Å². The Morgan fingerprint density at radius 2 is 0.541 bits per heavy atom. The number of carbonyl (C=O) groups is 4. The number of esters is 4. The molecular weight excluding hydrogens is 1280 g/mol. The third-order valence-electron chi connectivity index (χ3n) is 16.0. The number of carbonyl (C=O) groups excluding carboxylic acids is 4. The standard InChI is InChI=1S/C79H138O17P2/c1-5-9-13-17-21-25-29-31-33-35-36-38-39-41-45-48-52-56-60-64-77(82)90-70-75(96-79(84)66-62-58-54-50-46-42-40-37-34-32-30-26-22-18-14-10-6-2)72-94-98(87,88)92-68-73(80)67-91-97(85,86)93-71-74(95-78(83)65-61-57-53-49-44-28-24-20-16-12-8-4)69-89-76(81)63-59-55-51-47-43-27-23-19-15-11-7-3/h10,14,19,21-23,25-26,31-34,36,38,40,42,73-75,80H,5-9,11-13,15-18,20,24,27-30,35,37,39,41,43-72H2,1-4H3,(H,85,86)(H,87,88)/b14-10-,23-19-,25-21-,26-22-,33-31-,34-32-,38-36-,42-40-. The molecule has 5 atom stereocenters. The average Bonchev–Trinajstić information content (AvgIpc) is 1.06. The van der Waals surface area contributed by atoms with Gasteiger partial charge in [-0.05, 0) is 122 Å². The van der Waals surface area contributed by atoms with Gasteiger partial charge in [0.25, 0.3) is 0 Å². The number of aliphatic hydroxyl groups excluding tert-OH is 1. The number of allylic oxidation sites excluding steroid dienone is 16. The highest BCUT2D eigenvalue weighted by atomic mass is 31.2. The lowest BCUT2D eigenvalue weighted by Crippen LogP contribution is -2.30. The molecule has 0 aromatic carbocycles. The first-order valence-electron chi connectivity index (χ1n) is 38.5. The Morgan fingerprint density at radius 1 is 0.296 bits per heavy atom. The predicted octanol–water partition coefficient (Wildman–Crippen LogP) is 22.0. The van der Waals surface area contributed by atoms with E-state index >= 15 is 0 Å². The van der Waals surface area contributed by atoms with Gasteiger partial charge >= 0.3 is 39.5 Å². The zero-order valence-corrected chi connectivity index (χ0v) is 63.5. The fourth-order valence-corrected chi connectivity index (χ4v) is 11.7. The van der Waals surface area contributed by atoms with Crippen LogP contribution in [0.5, 0.6) is 0 Å². The summed E-state index contributed by atoms with van der Waals surface area (Å²) < 4.78 is 68.4. The van der Waals surface area contributed by atoms with E-state index in [9.17, 15) is 43.2 Å². The monoisotopic (exact) mass is 1420 g/mol. The summed E-state index contributed by atoms with van der Waals surface area (Å²) in [6.45, 7) is 4.65. The molecule has 3 N–H and O–H groups in total. The maximum Gasteiger partial charge on any atom is 0.472 e. The van der Waals surface area contributed by atoms with Crippen LogP contribution in [0.1, 0.15) is 323 Å². The normalized spacial score (nSPS) is 14.5. The third-order valence-corrected chi connectivity index (χ3v) is 17.9. The summed E-state index contributed by atoms with van der Waals surface area (Å²) in [6.07, 6.45) is 74.0. The van der Waals surface area contributed by atoms with Crippen molar-refractivity contribution in [1.29, 1.82) is 0 Å². The Morgan fingerprint density at radius 3 is 0.878 bits per heavy atom. The number of phosphoric acid groups is 2. The first-order valence-corrected chi connectivity index (χ1v) is 41.5. The molecule has 19 heteroatoms. The summed E-state index contributed by atoms with van der Waals surface area (Å²) in [5, 5.41) is 10.6. The molecule has 0 aliphatic heterocycles. The van der Waals surface area contributed by atoms with Gasteiger partial charge in [0, 0.05) is 25.7 Å². The van der Waals surface area contributed by atoms with E-state index in [1.807, 2.05) is 0 Å². The van der Waals surface area contributed by atoms with E-state index in [0.717, 1.165) is 173 Å². The van der Waals surface area contributed by atoms with Crippen molar-refractivity contribution in [3.63, 3.8) is 0 Å². The van der Waals surface area contributed by atoms with Gasteiger partial charge in [0.2, 0.25) is 0 Å². The molecule has 0 amide bonds. The first-order chi connectivity index (χ1) is 47.7. The van der Waals surface area contributed by atoms with Crippen molar-refractivity contribution in [3.05, 3.63) is 97.2 Å². The molecule has 5 unspecified atom stereocenters. The summed E-state index contributed by atoms with van der Waals surface area (Å²) in [5.74, 6) is -2.21. The molecule has 98 heavy (non-hydrogen) atoms. The molecule has 0 rings (SSSR count). The molecule has 0 bridgehead atoms. The van der Waals surface area contributed by atoms with Crippen LogP contribution >= 0.6 is 15.6 Å². The Balaban J connectivity index is 5.35. The van der Waals surface area contributed by atoms with Gasteiger partial charge in [0.05, 0.1) is 26.4 Å². The average molecular weight is 1420 g/mol. The molecular formula is C79H138O17P2. The van der Waals surface area contributed by atoms with Crippen LogP contribution in [0.15, 0.2) is 97.2 Å². The van der Waals surface area contributed by atoms with Crippen LogP contribution in [-0.4, -0.2) is 96.7 Å². The highest BCUT2D eigenvalue weighted by Crippen LogP contribution is 2.45. The number of ether oxygens (including phenoxy) is 4. The second-order valence-corrected chi connectivity index (χ2v) is 28.5. The lowest BCUT2D eigenvalue weighted by atomic mass is 10.1. The van der Waals surface area contributed by atoms with Crippen molar-refractivity contribution in [2.45, 2.75) is 341 Å². The van der Waals surface area contributed by atoms with Crippen LogP contribution in [0.25, 0.3) is 0 Å². The van der Waals surface area contributed by atoms with Crippen molar-refractivity contribution in [1.82, 2.24) is 0 Å². The van der Waals surface area contributed by atoms with Crippen molar-refractivity contribution in [2.24, 2.45) is 0 Å². The Bertz CT molecular complexity index is 2240. The van der Waals surface area contributed by atoms with E-state index < -0.39 is 97.5 Å². The lowest BCUT2D eigenvalue weighted by molar-refractivity contribution is -0.161. The van der Waals surface area contributed by atoms with Crippen molar-refractivity contribution in [3.8, 4) is 0 Å². The minimum Gasteiger partial charge on any atom is -0.462 e. The van der Waals surface area contributed by atoms with Crippen LogP contribution in [0.3, 0.4) is 0 Å². The van der Waals surface area contributed by atoms with Crippen LogP contribution < -0.4 is 0 Å². The van der Waals surface area contributed by atoms with Crippen molar-refractivity contribution < 1.29 is 80.2 Å². The third kappa shape index (κ3) is 70.4. The van der Waals surface area contributed by atoms with E-state index in [4.69, 9.17) is 37.0 Å².